The van der Waals surface area contributed by atoms with Crippen LogP contribution in [0.1, 0.15) is 19.3 Å². The Morgan fingerprint density at radius 3 is 2.57 bits per heavy atom. The van der Waals surface area contributed by atoms with Crippen molar-refractivity contribution < 1.29 is 8.42 Å². The van der Waals surface area contributed by atoms with Crippen LogP contribution in [0.15, 0.2) is 40.1 Å². The van der Waals surface area contributed by atoms with Crippen LogP contribution in [0, 0.1) is 0 Å². The summed E-state index contributed by atoms with van der Waals surface area (Å²) < 4.78 is 27.1. The summed E-state index contributed by atoms with van der Waals surface area (Å²) in [6.45, 7) is 2.04. The van der Waals surface area contributed by atoms with Crippen molar-refractivity contribution in [2.45, 2.75) is 23.5 Å². The lowest BCUT2D eigenvalue weighted by Crippen LogP contribution is -2.30. The van der Waals surface area contributed by atoms with Crippen molar-refractivity contribution in [2.75, 3.05) is 22.7 Å². The summed E-state index contributed by atoms with van der Waals surface area (Å²) in [6.07, 6.45) is 5.23. The number of pyridine rings is 1. The molecular formula is C14H17N3O2S2. The molecule has 0 amide bonds. The van der Waals surface area contributed by atoms with E-state index in [4.69, 9.17) is 0 Å². The van der Waals surface area contributed by atoms with E-state index in [-0.39, 0.29) is 0 Å². The Balaban J connectivity index is 1.72. The zero-order chi connectivity index (χ0) is 14.7. The topological polar surface area (TPSA) is 62.3 Å². The summed E-state index contributed by atoms with van der Waals surface area (Å²) in [6, 6.07) is 6.94. The Morgan fingerprint density at radius 1 is 1.14 bits per heavy atom. The van der Waals surface area contributed by atoms with Crippen LogP contribution < -0.4 is 9.62 Å². The molecule has 0 saturated carbocycles. The molecule has 21 heavy (non-hydrogen) atoms. The van der Waals surface area contributed by atoms with Gasteiger partial charge in [0.25, 0.3) is 10.0 Å². The van der Waals surface area contributed by atoms with Gasteiger partial charge in [-0.25, -0.2) is 13.4 Å². The minimum absolute atomic E-state index is 0.308. The molecule has 0 unspecified atom stereocenters. The number of aromatic nitrogens is 1. The maximum Gasteiger partial charge on any atom is 0.271 e. The van der Waals surface area contributed by atoms with E-state index in [2.05, 4.69) is 14.6 Å². The molecule has 1 N–H and O–H groups in total. The highest BCUT2D eigenvalue weighted by atomic mass is 32.2. The van der Waals surface area contributed by atoms with Crippen molar-refractivity contribution in [3.8, 4) is 0 Å². The van der Waals surface area contributed by atoms with Gasteiger partial charge in [0.1, 0.15) is 10.0 Å². The number of rotatable bonds is 4. The number of thiophene rings is 1. The van der Waals surface area contributed by atoms with E-state index >= 15 is 0 Å². The molecule has 1 saturated heterocycles. The monoisotopic (exact) mass is 323 g/mol. The van der Waals surface area contributed by atoms with Gasteiger partial charge in [0.05, 0.1) is 11.9 Å². The molecule has 2 aromatic rings. The highest BCUT2D eigenvalue weighted by Crippen LogP contribution is 2.22. The van der Waals surface area contributed by atoms with Gasteiger partial charge in [-0.3, -0.25) is 4.72 Å². The van der Waals surface area contributed by atoms with Gasteiger partial charge in [-0.2, -0.15) is 0 Å². The number of sulfonamides is 1. The van der Waals surface area contributed by atoms with Crippen molar-refractivity contribution in [1.82, 2.24) is 4.98 Å². The van der Waals surface area contributed by atoms with Gasteiger partial charge in [0, 0.05) is 13.1 Å². The molecule has 1 fully saturated rings. The van der Waals surface area contributed by atoms with Crippen LogP contribution >= 0.6 is 11.3 Å². The lowest BCUT2D eigenvalue weighted by Gasteiger charge is -2.27. The molecule has 0 spiro atoms. The number of nitrogens with zero attached hydrogens (tertiary/aromatic N) is 2. The molecule has 2 aromatic heterocycles. The molecule has 1 aliphatic rings. The van der Waals surface area contributed by atoms with Crippen LogP contribution in [0.2, 0.25) is 0 Å². The van der Waals surface area contributed by atoms with Gasteiger partial charge in [0.2, 0.25) is 0 Å². The van der Waals surface area contributed by atoms with Crippen molar-refractivity contribution >= 4 is 32.9 Å². The molecule has 7 heteroatoms. The van der Waals surface area contributed by atoms with Gasteiger partial charge < -0.3 is 4.90 Å². The third-order valence-electron chi connectivity index (χ3n) is 3.44. The Bertz CT molecular complexity index is 676. The molecule has 3 heterocycles. The summed E-state index contributed by atoms with van der Waals surface area (Å²) in [7, 11) is -3.49. The molecule has 112 valence electrons. The molecule has 0 bridgehead atoms. The molecule has 3 rings (SSSR count). The van der Waals surface area contributed by atoms with Crippen LogP contribution in [0.25, 0.3) is 0 Å². The van der Waals surface area contributed by atoms with Crippen molar-refractivity contribution in [2.24, 2.45) is 0 Å². The fourth-order valence-electron chi connectivity index (χ4n) is 2.38. The maximum absolute atomic E-state index is 12.1. The van der Waals surface area contributed by atoms with Crippen molar-refractivity contribution in [3.05, 3.63) is 35.8 Å². The third-order valence-corrected chi connectivity index (χ3v) is 6.22. The molecule has 0 atom stereocenters. The first-order valence-corrected chi connectivity index (χ1v) is 9.29. The first-order chi connectivity index (χ1) is 10.1. The average Bonchev–Trinajstić information content (AvgIpc) is 3.04. The number of hydrogen-bond acceptors (Lipinski definition) is 5. The second-order valence-corrected chi connectivity index (χ2v) is 7.85. The third kappa shape index (κ3) is 3.36. The highest BCUT2D eigenvalue weighted by molar-refractivity contribution is 7.94. The summed E-state index contributed by atoms with van der Waals surface area (Å²) >= 11 is 1.20. The van der Waals surface area contributed by atoms with Gasteiger partial charge in [0.15, 0.2) is 0 Å². The zero-order valence-corrected chi connectivity index (χ0v) is 13.2. The van der Waals surface area contributed by atoms with Gasteiger partial charge in [-0.1, -0.05) is 6.07 Å². The van der Waals surface area contributed by atoms with E-state index in [0.29, 0.717) is 9.90 Å². The second kappa shape index (κ2) is 6.03. The molecule has 1 aliphatic heterocycles. The minimum atomic E-state index is -3.49. The first-order valence-electron chi connectivity index (χ1n) is 6.92. The first kappa shape index (κ1) is 14.3. The maximum atomic E-state index is 12.1. The fourth-order valence-corrected chi connectivity index (χ4v) is 4.41. The Morgan fingerprint density at radius 2 is 1.95 bits per heavy atom. The van der Waals surface area contributed by atoms with E-state index in [9.17, 15) is 8.42 Å². The standard InChI is InChI=1S/C14H17N3O2S2/c18-21(19,14-5-4-10-20-14)16-12-6-7-13(15-11-12)17-8-2-1-3-9-17/h4-7,10-11,16H,1-3,8-9H2. The smallest absolute Gasteiger partial charge is 0.271 e. The molecule has 0 aromatic carbocycles. The van der Waals surface area contributed by atoms with E-state index in [1.165, 1.54) is 30.6 Å². The van der Waals surface area contributed by atoms with E-state index in [0.717, 1.165) is 18.9 Å². The van der Waals surface area contributed by atoms with Gasteiger partial charge in [-0.05, 0) is 42.8 Å². The van der Waals surface area contributed by atoms with Crippen molar-refractivity contribution in [1.29, 1.82) is 0 Å². The minimum Gasteiger partial charge on any atom is -0.357 e. The number of piperidine rings is 1. The number of anilines is 2. The summed E-state index contributed by atoms with van der Waals surface area (Å²) in [4.78, 5) is 6.61. The van der Waals surface area contributed by atoms with Crippen LogP contribution in [-0.2, 0) is 10.0 Å². The lowest BCUT2D eigenvalue weighted by molar-refractivity contribution is 0.573. The zero-order valence-electron chi connectivity index (χ0n) is 11.5. The fraction of sp³-hybridized carbons (Fsp3) is 0.357. The van der Waals surface area contributed by atoms with E-state index in [1.807, 2.05) is 6.07 Å². The van der Waals surface area contributed by atoms with Crippen LogP contribution in [0.4, 0.5) is 11.5 Å². The quantitative estimate of drug-likeness (QED) is 0.940. The van der Waals surface area contributed by atoms with Gasteiger partial charge in [-0.15, -0.1) is 11.3 Å². The normalized spacial score (nSPS) is 15.9. The summed E-state index contributed by atoms with van der Waals surface area (Å²) in [5.74, 6) is 0.911. The molecule has 5 nitrogen and oxygen atoms in total. The SMILES string of the molecule is O=S(=O)(Nc1ccc(N2CCCCC2)nc1)c1cccs1. The second-order valence-electron chi connectivity index (χ2n) is 4.99. The predicted molar refractivity (Wildman–Crippen MR) is 85.4 cm³/mol. The van der Waals surface area contributed by atoms with Crippen LogP contribution in [0.3, 0.4) is 0 Å². The average molecular weight is 323 g/mol. The van der Waals surface area contributed by atoms with Crippen LogP contribution in [0.5, 0.6) is 0 Å². The molecular weight excluding hydrogens is 306 g/mol. The molecule has 0 aliphatic carbocycles. The highest BCUT2D eigenvalue weighted by Gasteiger charge is 2.16. The number of hydrogen-bond donors (Lipinski definition) is 1. The lowest BCUT2D eigenvalue weighted by atomic mass is 10.1. The summed E-state index contributed by atoms with van der Waals surface area (Å²) in [5, 5.41) is 1.74. The molecule has 0 radical (unpaired) electrons. The van der Waals surface area contributed by atoms with E-state index in [1.54, 1.807) is 29.8 Å². The Labute approximate surface area is 128 Å². The Kier molecular flexibility index (Phi) is 4.12. The van der Waals surface area contributed by atoms with Gasteiger partial charge >= 0.3 is 0 Å². The predicted octanol–water partition coefficient (Wildman–Crippen LogP) is 2.93. The largest absolute Gasteiger partial charge is 0.357 e. The number of nitrogens with one attached hydrogen (secondary N) is 1. The van der Waals surface area contributed by atoms with Crippen LogP contribution in [-0.4, -0.2) is 26.5 Å². The van der Waals surface area contributed by atoms with Crippen molar-refractivity contribution in [3.63, 3.8) is 0 Å². The summed E-state index contributed by atoms with van der Waals surface area (Å²) in [5.41, 5.74) is 0.490. The Hall–Kier alpha value is -1.60. The van der Waals surface area contributed by atoms with E-state index < -0.39 is 10.0 Å².